The number of aromatic hydroxyl groups is 2. The standard InChI is InChI=1S/C30H27NO3/c32-25-6-4-5-23(20-25)28-13-9-24-21-26(33)10-14-29(24)30(28)19-22-7-11-27(12-8-22)34-18-17-31-15-2-1-3-16-31/h1-15,20-21,32-33H,16-19H2. The van der Waals surface area contributed by atoms with Crippen LogP contribution in [0.25, 0.3) is 21.9 Å². The minimum atomic E-state index is 0.242. The van der Waals surface area contributed by atoms with Gasteiger partial charge in [-0.25, -0.2) is 0 Å². The highest BCUT2D eigenvalue weighted by Crippen LogP contribution is 2.35. The van der Waals surface area contributed by atoms with Gasteiger partial charge in [-0.1, -0.05) is 54.6 Å². The van der Waals surface area contributed by atoms with Gasteiger partial charge in [0.05, 0.1) is 6.54 Å². The molecular weight excluding hydrogens is 422 g/mol. The summed E-state index contributed by atoms with van der Waals surface area (Å²) in [5.74, 6) is 1.35. The van der Waals surface area contributed by atoms with Crippen molar-refractivity contribution in [2.24, 2.45) is 0 Å². The number of rotatable bonds is 7. The zero-order chi connectivity index (χ0) is 23.3. The van der Waals surface area contributed by atoms with Gasteiger partial charge in [0.25, 0.3) is 0 Å². The molecule has 0 saturated carbocycles. The third kappa shape index (κ3) is 4.91. The van der Waals surface area contributed by atoms with Crippen LogP contribution < -0.4 is 4.74 Å². The van der Waals surface area contributed by atoms with Crippen molar-refractivity contribution >= 4 is 10.8 Å². The predicted octanol–water partition coefficient (Wildman–Crippen LogP) is 6.27. The molecule has 0 aliphatic carbocycles. The van der Waals surface area contributed by atoms with Crippen molar-refractivity contribution in [2.45, 2.75) is 6.42 Å². The molecule has 2 N–H and O–H groups in total. The summed E-state index contributed by atoms with van der Waals surface area (Å²) >= 11 is 0. The van der Waals surface area contributed by atoms with Crippen molar-refractivity contribution in [1.29, 1.82) is 0 Å². The van der Waals surface area contributed by atoms with Crippen LogP contribution in [-0.2, 0) is 6.42 Å². The number of phenols is 2. The number of hydrogen-bond donors (Lipinski definition) is 2. The van der Waals surface area contributed by atoms with Gasteiger partial charge in [0.15, 0.2) is 0 Å². The summed E-state index contributed by atoms with van der Waals surface area (Å²) in [7, 11) is 0. The molecule has 170 valence electrons. The van der Waals surface area contributed by atoms with Crippen molar-refractivity contribution in [2.75, 3.05) is 19.7 Å². The number of nitrogens with zero attached hydrogens (tertiary/aromatic N) is 1. The Morgan fingerprint density at radius 2 is 1.68 bits per heavy atom. The predicted molar refractivity (Wildman–Crippen MR) is 137 cm³/mol. The molecule has 0 spiro atoms. The minimum Gasteiger partial charge on any atom is -0.508 e. The zero-order valence-corrected chi connectivity index (χ0v) is 18.9. The third-order valence-corrected chi connectivity index (χ3v) is 6.11. The average molecular weight is 450 g/mol. The lowest BCUT2D eigenvalue weighted by Crippen LogP contribution is -2.24. The maximum Gasteiger partial charge on any atom is 0.119 e. The van der Waals surface area contributed by atoms with Crippen LogP contribution >= 0.6 is 0 Å². The van der Waals surface area contributed by atoms with Crippen LogP contribution in [0.4, 0.5) is 0 Å². The van der Waals surface area contributed by atoms with E-state index in [1.54, 1.807) is 24.3 Å². The van der Waals surface area contributed by atoms with E-state index in [0.717, 1.165) is 52.7 Å². The number of fused-ring (bicyclic) bond motifs is 1. The topological polar surface area (TPSA) is 52.9 Å². The molecule has 1 heterocycles. The SMILES string of the molecule is Oc1cccc(-c2ccc3cc(O)ccc3c2Cc2ccc(OCCN3C=CC=CC3)cc2)c1. The van der Waals surface area contributed by atoms with Gasteiger partial charge in [-0.2, -0.15) is 0 Å². The first-order chi connectivity index (χ1) is 16.7. The summed E-state index contributed by atoms with van der Waals surface area (Å²) in [6.07, 6.45) is 9.03. The lowest BCUT2D eigenvalue weighted by atomic mass is 9.90. The fourth-order valence-corrected chi connectivity index (χ4v) is 4.38. The lowest BCUT2D eigenvalue weighted by Gasteiger charge is -2.20. The monoisotopic (exact) mass is 449 g/mol. The fourth-order valence-electron chi connectivity index (χ4n) is 4.38. The molecule has 4 heteroatoms. The van der Waals surface area contributed by atoms with Crippen LogP contribution in [0.1, 0.15) is 11.1 Å². The molecule has 5 rings (SSSR count). The molecule has 4 nitrogen and oxygen atoms in total. The molecule has 4 aromatic carbocycles. The Morgan fingerprint density at radius 1 is 0.824 bits per heavy atom. The molecule has 0 bridgehead atoms. The van der Waals surface area contributed by atoms with Crippen molar-refractivity contribution in [1.82, 2.24) is 4.90 Å². The van der Waals surface area contributed by atoms with Gasteiger partial charge in [0.2, 0.25) is 0 Å². The Kier molecular flexibility index (Phi) is 6.21. The van der Waals surface area contributed by atoms with Crippen LogP contribution in [-0.4, -0.2) is 34.8 Å². The number of benzene rings is 4. The summed E-state index contributed by atoms with van der Waals surface area (Å²) in [6.45, 7) is 2.40. The van der Waals surface area contributed by atoms with E-state index in [0.29, 0.717) is 6.61 Å². The van der Waals surface area contributed by atoms with Crippen molar-refractivity contribution in [3.63, 3.8) is 0 Å². The summed E-state index contributed by atoms with van der Waals surface area (Å²) in [4.78, 5) is 2.22. The maximum absolute atomic E-state index is 10.0. The molecule has 0 unspecified atom stereocenters. The smallest absolute Gasteiger partial charge is 0.119 e. The van der Waals surface area contributed by atoms with E-state index >= 15 is 0 Å². The van der Waals surface area contributed by atoms with Crippen molar-refractivity contribution in [3.05, 3.63) is 114 Å². The second-order valence-corrected chi connectivity index (χ2v) is 8.48. The molecule has 0 saturated heterocycles. The van der Waals surface area contributed by atoms with E-state index < -0.39 is 0 Å². The van der Waals surface area contributed by atoms with Gasteiger partial charge in [-0.15, -0.1) is 0 Å². The van der Waals surface area contributed by atoms with Crippen LogP contribution in [0.3, 0.4) is 0 Å². The fraction of sp³-hybridized carbons (Fsp3) is 0.133. The van der Waals surface area contributed by atoms with Crippen LogP contribution in [0.2, 0.25) is 0 Å². The summed E-state index contributed by atoms with van der Waals surface area (Å²) in [5, 5.41) is 22.1. The average Bonchev–Trinajstić information content (AvgIpc) is 2.86. The van der Waals surface area contributed by atoms with Gasteiger partial charge < -0.3 is 19.8 Å². The van der Waals surface area contributed by atoms with Gasteiger partial charge in [-0.3, -0.25) is 0 Å². The van der Waals surface area contributed by atoms with E-state index in [-0.39, 0.29) is 11.5 Å². The van der Waals surface area contributed by atoms with Gasteiger partial charge in [-0.05, 0) is 88.1 Å². The Labute approximate surface area is 199 Å². The van der Waals surface area contributed by atoms with Crippen LogP contribution in [0.5, 0.6) is 17.2 Å². The van der Waals surface area contributed by atoms with Crippen LogP contribution in [0.15, 0.2) is 103 Å². The first-order valence-electron chi connectivity index (χ1n) is 11.5. The Bertz CT molecular complexity index is 1360. The van der Waals surface area contributed by atoms with Gasteiger partial charge in [0, 0.05) is 6.54 Å². The first kappa shape index (κ1) is 21.7. The Balaban J connectivity index is 1.38. The van der Waals surface area contributed by atoms with E-state index in [2.05, 4.69) is 41.5 Å². The summed E-state index contributed by atoms with van der Waals surface area (Å²) in [5.41, 5.74) is 4.35. The largest absolute Gasteiger partial charge is 0.508 e. The highest BCUT2D eigenvalue weighted by molar-refractivity contribution is 5.93. The second-order valence-electron chi connectivity index (χ2n) is 8.48. The third-order valence-electron chi connectivity index (χ3n) is 6.11. The normalized spacial score (nSPS) is 12.9. The van der Waals surface area contributed by atoms with E-state index in [9.17, 15) is 10.2 Å². The zero-order valence-electron chi connectivity index (χ0n) is 18.9. The minimum absolute atomic E-state index is 0.242. The Morgan fingerprint density at radius 3 is 2.47 bits per heavy atom. The number of ether oxygens (including phenoxy) is 1. The van der Waals surface area contributed by atoms with Gasteiger partial charge in [0.1, 0.15) is 23.9 Å². The summed E-state index contributed by atoms with van der Waals surface area (Å²) in [6, 6.07) is 25.1. The van der Waals surface area contributed by atoms with E-state index in [1.807, 2.05) is 42.5 Å². The molecule has 0 amide bonds. The highest BCUT2D eigenvalue weighted by Gasteiger charge is 2.12. The quantitative estimate of drug-likeness (QED) is 0.349. The molecule has 0 fully saturated rings. The Hall–Kier alpha value is -4.18. The number of allylic oxidation sites excluding steroid dienone is 2. The molecule has 0 aromatic heterocycles. The molecular formula is C30H27NO3. The number of hydrogen-bond acceptors (Lipinski definition) is 4. The molecule has 34 heavy (non-hydrogen) atoms. The molecule has 4 aromatic rings. The second kappa shape index (κ2) is 9.75. The molecule has 1 aliphatic heterocycles. The summed E-state index contributed by atoms with van der Waals surface area (Å²) < 4.78 is 5.95. The highest BCUT2D eigenvalue weighted by atomic mass is 16.5. The van der Waals surface area contributed by atoms with Crippen LogP contribution in [0, 0.1) is 0 Å². The van der Waals surface area contributed by atoms with Gasteiger partial charge >= 0.3 is 0 Å². The molecule has 1 aliphatic rings. The maximum atomic E-state index is 10.0. The first-order valence-corrected chi connectivity index (χ1v) is 11.5. The van der Waals surface area contributed by atoms with E-state index in [4.69, 9.17) is 4.74 Å². The number of phenolic OH excluding ortho intramolecular Hbond substituents is 2. The molecule has 0 radical (unpaired) electrons. The van der Waals surface area contributed by atoms with E-state index in [1.165, 1.54) is 5.56 Å². The molecule has 0 atom stereocenters. The van der Waals surface area contributed by atoms with Crippen molar-refractivity contribution in [3.8, 4) is 28.4 Å². The van der Waals surface area contributed by atoms with Crippen molar-refractivity contribution < 1.29 is 14.9 Å². The lowest BCUT2D eigenvalue weighted by molar-refractivity contribution is 0.263.